The zero-order valence-corrected chi connectivity index (χ0v) is 14.3. The highest BCUT2D eigenvalue weighted by atomic mass is 16.6. The number of fused-ring (bicyclic) bond motifs is 3. The Kier molecular flexibility index (Phi) is 4.24. The van der Waals surface area contributed by atoms with Crippen molar-refractivity contribution >= 4 is 11.9 Å². The number of carbonyl (C=O) groups is 2. The lowest BCUT2D eigenvalue weighted by atomic mass is 9.82. The molecule has 3 rings (SSSR count). The van der Waals surface area contributed by atoms with Gasteiger partial charge >= 0.3 is 11.9 Å². The Labute approximate surface area is 142 Å². The van der Waals surface area contributed by atoms with Crippen LogP contribution in [-0.2, 0) is 19.1 Å². The molecule has 0 aromatic heterocycles. The zero-order chi connectivity index (χ0) is 17.6. The van der Waals surface area contributed by atoms with E-state index in [-0.39, 0.29) is 41.9 Å². The van der Waals surface area contributed by atoms with Crippen molar-refractivity contribution in [3.63, 3.8) is 0 Å². The SMILES string of the molecule is C=C1[C@@H]2[C@@H]3OC(=O)C(=C)[C@H]3CCC(=C)[C@@H]2C[C@@H]1OC(=O)C=C(C)C. The minimum absolute atomic E-state index is 0.00762. The van der Waals surface area contributed by atoms with Gasteiger partial charge < -0.3 is 9.47 Å². The number of rotatable bonds is 2. The van der Waals surface area contributed by atoms with Crippen LogP contribution in [0.1, 0.15) is 33.1 Å². The first kappa shape index (κ1) is 16.7. The predicted octanol–water partition coefficient (Wildman–Crippen LogP) is 3.50. The molecule has 0 amide bonds. The Morgan fingerprint density at radius 2 is 1.96 bits per heavy atom. The molecule has 1 heterocycles. The van der Waals surface area contributed by atoms with Crippen LogP contribution in [-0.4, -0.2) is 24.1 Å². The Morgan fingerprint density at radius 1 is 1.25 bits per heavy atom. The first-order valence-electron chi connectivity index (χ1n) is 8.41. The molecule has 1 saturated heterocycles. The zero-order valence-electron chi connectivity index (χ0n) is 14.3. The van der Waals surface area contributed by atoms with E-state index in [0.717, 1.165) is 29.6 Å². The van der Waals surface area contributed by atoms with Gasteiger partial charge in [-0.15, -0.1) is 0 Å². The summed E-state index contributed by atoms with van der Waals surface area (Å²) in [6.45, 7) is 16.0. The third-order valence-corrected chi connectivity index (χ3v) is 5.41. The van der Waals surface area contributed by atoms with Crippen molar-refractivity contribution in [2.75, 3.05) is 0 Å². The topological polar surface area (TPSA) is 52.6 Å². The van der Waals surface area contributed by atoms with Crippen LogP contribution in [0.3, 0.4) is 0 Å². The first-order chi connectivity index (χ1) is 11.3. The van der Waals surface area contributed by atoms with Gasteiger partial charge in [0.05, 0.1) is 0 Å². The lowest BCUT2D eigenvalue weighted by Crippen LogP contribution is -2.29. The molecule has 4 heteroatoms. The lowest BCUT2D eigenvalue weighted by molar-refractivity contribution is -0.142. The van der Waals surface area contributed by atoms with E-state index in [9.17, 15) is 9.59 Å². The highest BCUT2D eigenvalue weighted by Gasteiger charge is 2.53. The van der Waals surface area contributed by atoms with Crippen LogP contribution in [0.15, 0.2) is 48.1 Å². The van der Waals surface area contributed by atoms with Crippen LogP contribution in [0.5, 0.6) is 0 Å². The summed E-state index contributed by atoms with van der Waals surface area (Å²) in [5, 5.41) is 0. The molecule has 0 aromatic carbocycles. The second kappa shape index (κ2) is 6.08. The molecule has 2 aliphatic carbocycles. The number of esters is 2. The minimum atomic E-state index is -0.355. The monoisotopic (exact) mass is 328 g/mol. The fourth-order valence-electron chi connectivity index (χ4n) is 4.22. The van der Waals surface area contributed by atoms with Gasteiger partial charge in [0, 0.05) is 23.5 Å². The maximum Gasteiger partial charge on any atom is 0.334 e. The highest BCUT2D eigenvalue weighted by molar-refractivity contribution is 5.91. The van der Waals surface area contributed by atoms with Crippen LogP contribution in [0.4, 0.5) is 0 Å². The molecule has 4 nitrogen and oxygen atoms in total. The van der Waals surface area contributed by atoms with E-state index in [1.54, 1.807) is 0 Å². The summed E-state index contributed by atoms with van der Waals surface area (Å²) in [5.41, 5.74) is 3.39. The average Bonchev–Trinajstić information content (AvgIpc) is 2.89. The largest absolute Gasteiger partial charge is 0.458 e. The lowest BCUT2D eigenvalue weighted by Gasteiger charge is -2.26. The third-order valence-electron chi connectivity index (χ3n) is 5.41. The van der Waals surface area contributed by atoms with E-state index in [2.05, 4.69) is 19.7 Å². The van der Waals surface area contributed by atoms with Gasteiger partial charge in [0.15, 0.2) is 0 Å². The summed E-state index contributed by atoms with van der Waals surface area (Å²) >= 11 is 0. The molecule has 0 radical (unpaired) electrons. The van der Waals surface area contributed by atoms with Gasteiger partial charge in [-0.1, -0.05) is 30.9 Å². The van der Waals surface area contributed by atoms with E-state index in [1.807, 2.05) is 13.8 Å². The molecular formula is C20H24O4. The summed E-state index contributed by atoms with van der Waals surface area (Å²) in [6, 6.07) is 0. The van der Waals surface area contributed by atoms with Gasteiger partial charge in [-0.05, 0) is 44.6 Å². The normalized spacial score (nSPS) is 35.0. The maximum absolute atomic E-state index is 12.0. The summed E-state index contributed by atoms with van der Waals surface area (Å²) in [5.74, 6) is -0.566. The molecule has 24 heavy (non-hydrogen) atoms. The molecule has 128 valence electrons. The van der Waals surface area contributed by atoms with Crippen molar-refractivity contribution in [3.8, 4) is 0 Å². The summed E-state index contributed by atoms with van der Waals surface area (Å²) < 4.78 is 11.2. The molecule has 0 N–H and O–H groups in total. The number of allylic oxidation sites excluding steroid dienone is 2. The van der Waals surface area contributed by atoms with Gasteiger partial charge in [0.2, 0.25) is 0 Å². The number of carbonyl (C=O) groups excluding carboxylic acids is 2. The first-order valence-corrected chi connectivity index (χ1v) is 8.41. The van der Waals surface area contributed by atoms with Gasteiger partial charge in [-0.3, -0.25) is 0 Å². The second-order valence-electron chi connectivity index (χ2n) is 7.29. The van der Waals surface area contributed by atoms with Crippen molar-refractivity contribution in [1.29, 1.82) is 0 Å². The van der Waals surface area contributed by atoms with Gasteiger partial charge in [-0.2, -0.15) is 0 Å². The summed E-state index contributed by atoms with van der Waals surface area (Å²) in [6.07, 6.45) is 3.20. The standard InChI is InChI=1S/C20H24O4/c1-10(2)8-17(21)23-16-9-15-11(3)6-7-14-12(4)20(22)24-19(14)18(15)13(16)5/h8,14-16,18-19H,3-7,9H2,1-2H3/t14-,15+,16+,18+,19-/m1/s1. The molecule has 0 bridgehead atoms. The smallest absolute Gasteiger partial charge is 0.334 e. The van der Waals surface area contributed by atoms with E-state index < -0.39 is 0 Å². The van der Waals surface area contributed by atoms with Crippen LogP contribution in [0, 0.1) is 17.8 Å². The minimum Gasteiger partial charge on any atom is -0.458 e. The molecule has 0 spiro atoms. The Balaban J connectivity index is 1.85. The summed E-state index contributed by atoms with van der Waals surface area (Å²) in [7, 11) is 0. The van der Waals surface area contributed by atoms with E-state index >= 15 is 0 Å². The molecule has 3 aliphatic rings. The third kappa shape index (κ3) is 2.74. The van der Waals surface area contributed by atoms with Crippen molar-refractivity contribution in [1.82, 2.24) is 0 Å². The highest BCUT2D eigenvalue weighted by Crippen LogP contribution is 2.52. The molecule has 0 aromatic rings. The molecule has 3 fully saturated rings. The Hall–Kier alpha value is -2.10. The fraction of sp³-hybridized carbons (Fsp3) is 0.500. The van der Waals surface area contributed by atoms with Crippen LogP contribution < -0.4 is 0 Å². The van der Waals surface area contributed by atoms with Crippen LogP contribution in [0.2, 0.25) is 0 Å². The Morgan fingerprint density at radius 3 is 2.62 bits per heavy atom. The van der Waals surface area contributed by atoms with Crippen LogP contribution >= 0.6 is 0 Å². The summed E-state index contributed by atoms with van der Waals surface area (Å²) in [4.78, 5) is 23.9. The average molecular weight is 328 g/mol. The molecule has 2 saturated carbocycles. The van der Waals surface area contributed by atoms with Crippen molar-refractivity contribution < 1.29 is 19.1 Å². The van der Waals surface area contributed by atoms with Crippen molar-refractivity contribution in [2.24, 2.45) is 17.8 Å². The van der Waals surface area contributed by atoms with Crippen molar-refractivity contribution in [2.45, 2.75) is 45.3 Å². The molecular weight excluding hydrogens is 304 g/mol. The predicted molar refractivity (Wildman–Crippen MR) is 90.9 cm³/mol. The number of ether oxygens (including phenoxy) is 2. The Bertz CT molecular complexity index is 665. The molecule has 0 unspecified atom stereocenters. The maximum atomic E-state index is 12.0. The fourth-order valence-corrected chi connectivity index (χ4v) is 4.22. The van der Waals surface area contributed by atoms with E-state index in [0.29, 0.717) is 12.0 Å². The van der Waals surface area contributed by atoms with E-state index in [4.69, 9.17) is 9.47 Å². The van der Waals surface area contributed by atoms with Crippen molar-refractivity contribution in [3.05, 3.63) is 48.1 Å². The van der Waals surface area contributed by atoms with Gasteiger partial charge in [-0.25, -0.2) is 9.59 Å². The second-order valence-corrected chi connectivity index (χ2v) is 7.29. The van der Waals surface area contributed by atoms with Gasteiger partial charge in [0.25, 0.3) is 0 Å². The van der Waals surface area contributed by atoms with Crippen LogP contribution in [0.25, 0.3) is 0 Å². The molecule has 5 atom stereocenters. The molecule has 1 aliphatic heterocycles. The number of hydrogen-bond acceptors (Lipinski definition) is 4. The van der Waals surface area contributed by atoms with Gasteiger partial charge in [0.1, 0.15) is 12.2 Å². The number of hydrogen-bond donors (Lipinski definition) is 0. The quantitative estimate of drug-likeness (QED) is 0.442. The van der Waals surface area contributed by atoms with E-state index in [1.165, 1.54) is 6.08 Å².